The lowest BCUT2D eigenvalue weighted by molar-refractivity contribution is -0.115. The number of allylic oxidation sites excluding steroid dienone is 2. The lowest BCUT2D eigenvalue weighted by Crippen LogP contribution is -2.11. The maximum Gasteiger partial charge on any atom is 0.228 e. The van der Waals surface area contributed by atoms with Crippen LogP contribution in [0.5, 0.6) is 17.2 Å². The molecule has 0 spiro atoms. The molecule has 168 valence electrons. The number of carbonyl (C=O) groups is 1. The van der Waals surface area contributed by atoms with Crippen molar-refractivity contribution in [3.8, 4) is 17.2 Å². The monoisotopic (exact) mass is 445 g/mol. The molecule has 2 N–H and O–H groups in total. The number of phenolic OH excluding ortho intramolecular Hbond substituents is 1. The number of rotatable bonds is 6. The van der Waals surface area contributed by atoms with Gasteiger partial charge >= 0.3 is 0 Å². The number of hydrogen-bond donors (Lipinski definition) is 2. The molecule has 0 aliphatic heterocycles. The minimum atomic E-state index is -0.364. The van der Waals surface area contributed by atoms with Crippen molar-refractivity contribution < 1.29 is 23.8 Å². The minimum absolute atomic E-state index is 0.0819. The molecule has 1 amide bonds. The van der Waals surface area contributed by atoms with Crippen molar-refractivity contribution in [2.75, 3.05) is 19.5 Å². The Labute approximate surface area is 191 Å². The molecule has 1 aliphatic carbocycles. The lowest BCUT2D eigenvalue weighted by Gasteiger charge is -2.11. The number of benzene rings is 3. The van der Waals surface area contributed by atoms with Gasteiger partial charge in [-0.05, 0) is 82.8 Å². The molecule has 0 radical (unpaired) electrons. The van der Waals surface area contributed by atoms with Crippen LogP contribution in [0.25, 0.3) is 17.2 Å². The summed E-state index contributed by atoms with van der Waals surface area (Å²) in [5, 5.41) is 13.1. The number of phenols is 1. The van der Waals surface area contributed by atoms with Gasteiger partial charge in [0, 0.05) is 5.69 Å². The number of para-hydroxylation sites is 1. The fraction of sp³-hybridized carbons (Fsp3) is 0.148. The summed E-state index contributed by atoms with van der Waals surface area (Å²) >= 11 is 0. The Morgan fingerprint density at radius 2 is 1.67 bits per heavy atom. The molecule has 4 rings (SSSR count). The number of nitrogens with one attached hydrogen (secondary N) is 1. The first-order chi connectivity index (χ1) is 15.9. The highest BCUT2D eigenvalue weighted by atomic mass is 19.1. The van der Waals surface area contributed by atoms with E-state index in [0.29, 0.717) is 11.3 Å². The van der Waals surface area contributed by atoms with Crippen LogP contribution in [0.4, 0.5) is 10.1 Å². The number of aromatic hydroxyl groups is 1. The van der Waals surface area contributed by atoms with Crippen LogP contribution in [0.3, 0.4) is 0 Å². The summed E-state index contributed by atoms with van der Waals surface area (Å²) in [4.78, 5) is 12.8. The van der Waals surface area contributed by atoms with Gasteiger partial charge in [-0.2, -0.15) is 0 Å². The normalized spacial score (nSPS) is 13.8. The Bertz CT molecular complexity index is 1250. The fourth-order valence-electron chi connectivity index (χ4n) is 4.03. The van der Waals surface area contributed by atoms with Crippen molar-refractivity contribution >= 4 is 28.8 Å². The lowest BCUT2D eigenvalue weighted by atomic mass is 10.00. The predicted octanol–water partition coefficient (Wildman–Crippen LogP) is 5.91. The number of anilines is 1. The van der Waals surface area contributed by atoms with Gasteiger partial charge in [0.25, 0.3) is 0 Å². The quantitative estimate of drug-likeness (QED) is 0.495. The third kappa shape index (κ3) is 4.46. The maximum absolute atomic E-state index is 14.1. The molecule has 0 saturated heterocycles. The van der Waals surface area contributed by atoms with Crippen molar-refractivity contribution in [1.29, 1.82) is 0 Å². The van der Waals surface area contributed by atoms with Crippen LogP contribution >= 0.6 is 0 Å². The largest absolute Gasteiger partial charge is 0.502 e. The predicted molar refractivity (Wildman–Crippen MR) is 128 cm³/mol. The van der Waals surface area contributed by atoms with E-state index in [9.17, 15) is 14.3 Å². The summed E-state index contributed by atoms with van der Waals surface area (Å²) in [6, 6.07) is 17.2. The first-order valence-electron chi connectivity index (χ1n) is 10.4. The molecule has 6 heteroatoms. The SMILES string of the molecule is COc1cc(C=C2C(C)=C(CC(=O)Nc3ccccc3)c3cc(F)ccc32)cc(OC)c1O. The molecule has 0 bridgehead atoms. The Morgan fingerprint density at radius 1 is 1.00 bits per heavy atom. The number of amides is 1. The van der Waals surface area contributed by atoms with Gasteiger partial charge in [-0.25, -0.2) is 4.39 Å². The average molecular weight is 445 g/mol. The Hall–Kier alpha value is -4.06. The van der Waals surface area contributed by atoms with Gasteiger partial charge in [-0.3, -0.25) is 4.79 Å². The van der Waals surface area contributed by atoms with E-state index in [4.69, 9.17) is 9.47 Å². The Balaban J connectivity index is 1.75. The topological polar surface area (TPSA) is 67.8 Å². The first kappa shape index (κ1) is 22.1. The molecule has 0 aromatic heterocycles. The highest BCUT2D eigenvalue weighted by Gasteiger charge is 2.26. The van der Waals surface area contributed by atoms with Gasteiger partial charge in [0.15, 0.2) is 11.5 Å². The molecule has 3 aromatic rings. The van der Waals surface area contributed by atoms with Crippen LogP contribution in [-0.2, 0) is 4.79 Å². The molecule has 5 nitrogen and oxygen atoms in total. The molecule has 0 fully saturated rings. The fourth-order valence-corrected chi connectivity index (χ4v) is 4.03. The van der Waals surface area contributed by atoms with E-state index >= 15 is 0 Å². The first-order valence-corrected chi connectivity index (χ1v) is 10.4. The highest BCUT2D eigenvalue weighted by Crippen LogP contribution is 2.45. The molecule has 33 heavy (non-hydrogen) atoms. The van der Waals surface area contributed by atoms with Crippen LogP contribution in [0.2, 0.25) is 0 Å². The zero-order valence-corrected chi connectivity index (χ0v) is 18.6. The Kier molecular flexibility index (Phi) is 6.18. The van der Waals surface area contributed by atoms with E-state index in [0.717, 1.165) is 27.8 Å². The van der Waals surface area contributed by atoms with Gasteiger partial charge in [0.2, 0.25) is 11.7 Å². The van der Waals surface area contributed by atoms with Crippen molar-refractivity contribution in [3.63, 3.8) is 0 Å². The molecule has 0 atom stereocenters. The summed E-state index contributed by atoms with van der Waals surface area (Å²) in [7, 11) is 2.93. The van der Waals surface area contributed by atoms with Crippen molar-refractivity contribution in [2.45, 2.75) is 13.3 Å². The second-order valence-corrected chi connectivity index (χ2v) is 7.72. The molecule has 0 unspecified atom stereocenters. The van der Waals surface area contributed by atoms with Crippen molar-refractivity contribution in [3.05, 3.63) is 88.7 Å². The molecule has 1 aliphatic rings. The van der Waals surface area contributed by atoms with E-state index in [1.54, 1.807) is 18.2 Å². The van der Waals surface area contributed by atoms with E-state index < -0.39 is 0 Å². The van der Waals surface area contributed by atoms with Gasteiger partial charge in [0.05, 0.1) is 20.6 Å². The van der Waals surface area contributed by atoms with Crippen LogP contribution in [0.1, 0.15) is 30.0 Å². The number of fused-ring (bicyclic) bond motifs is 1. The maximum atomic E-state index is 14.1. The van der Waals surface area contributed by atoms with Crippen LogP contribution < -0.4 is 14.8 Å². The number of methoxy groups -OCH3 is 2. The smallest absolute Gasteiger partial charge is 0.228 e. The summed E-state index contributed by atoms with van der Waals surface area (Å²) < 4.78 is 24.7. The van der Waals surface area contributed by atoms with Crippen LogP contribution in [-0.4, -0.2) is 25.2 Å². The summed E-state index contributed by atoms with van der Waals surface area (Å²) in [6.45, 7) is 1.92. The van der Waals surface area contributed by atoms with E-state index in [-0.39, 0.29) is 35.4 Å². The highest BCUT2D eigenvalue weighted by molar-refractivity contribution is 6.10. The second kappa shape index (κ2) is 9.20. The number of hydrogen-bond acceptors (Lipinski definition) is 4. The van der Waals surface area contributed by atoms with Gasteiger partial charge in [-0.15, -0.1) is 0 Å². The molecular formula is C27H24FNO4. The number of ether oxygens (including phenoxy) is 2. The second-order valence-electron chi connectivity index (χ2n) is 7.72. The number of halogens is 1. The Morgan fingerprint density at radius 3 is 2.30 bits per heavy atom. The van der Waals surface area contributed by atoms with E-state index in [1.165, 1.54) is 26.4 Å². The summed E-state index contributed by atoms with van der Waals surface area (Å²) in [5.41, 5.74) is 5.48. The zero-order valence-electron chi connectivity index (χ0n) is 18.6. The average Bonchev–Trinajstić information content (AvgIpc) is 3.05. The molecular weight excluding hydrogens is 421 g/mol. The van der Waals surface area contributed by atoms with Gasteiger partial charge in [0.1, 0.15) is 5.82 Å². The third-order valence-electron chi connectivity index (χ3n) is 5.66. The third-order valence-corrected chi connectivity index (χ3v) is 5.66. The van der Waals surface area contributed by atoms with Gasteiger partial charge in [-0.1, -0.05) is 24.3 Å². The molecule has 0 heterocycles. The standard InChI is InChI=1S/C27H24FNO4/c1-16-21(11-17-12-24(32-2)27(31)25(13-17)33-3)20-10-9-18(28)14-23(20)22(16)15-26(30)29-19-7-5-4-6-8-19/h4-14,31H,15H2,1-3H3,(H,29,30). The van der Waals surface area contributed by atoms with Crippen molar-refractivity contribution in [2.24, 2.45) is 0 Å². The number of carbonyl (C=O) groups excluding carboxylic acids is 1. The molecule has 3 aromatic carbocycles. The molecule has 0 saturated carbocycles. The van der Waals surface area contributed by atoms with Crippen LogP contribution in [0, 0.1) is 5.82 Å². The van der Waals surface area contributed by atoms with Gasteiger partial charge < -0.3 is 19.9 Å². The van der Waals surface area contributed by atoms with E-state index in [2.05, 4.69) is 5.32 Å². The summed E-state index contributed by atoms with van der Waals surface area (Å²) in [6.07, 6.45) is 2.02. The zero-order chi connectivity index (χ0) is 23.5. The van der Waals surface area contributed by atoms with E-state index in [1.807, 2.05) is 43.3 Å². The summed E-state index contributed by atoms with van der Waals surface area (Å²) in [5.74, 6) is -0.0662. The van der Waals surface area contributed by atoms with Crippen LogP contribution in [0.15, 0.2) is 66.2 Å². The minimum Gasteiger partial charge on any atom is -0.502 e. The van der Waals surface area contributed by atoms with Crippen molar-refractivity contribution in [1.82, 2.24) is 0 Å².